The molecule has 0 spiro atoms. The number of fused-ring (bicyclic) bond motifs is 1. The molecule has 200 valence electrons. The summed E-state index contributed by atoms with van der Waals surface area (Å²) >= 11 is 0. The molecule has 38 heavy (non-hydrogen) atoms. The Morgan fingerprint density at radius 3 is 2.42 bits per heavy atom. The lowest BCUT2D eigenvalue weighted by Gasteiger charge is -2.29. The molecular weight excluding hydrogens is 497 g/mol. The minimum Gasteiger partial charge on any atom is -0.322 e. The first-order valence-corrected chi connectivity index (χ1v) is 12.1. The van der Waals surface area contributed by atoms with Crippen LogP contribution in [-0.4, -0.2) is 39.9 Å². The van der Waals surface area contributed by atoms with Crippen LogP contribution < -0.4 is 15.5 Å². The van der Waals surface area contributed by atoms with Crippen LogP contribution in [0.1, 0.15) is 59.7 Å². The summed E-state index contributed by atoms with van der Waals surface area (Å²) in [6.45, 7) is 6.83. The Balaban J connectivity index is 0.00000195. The maximum Gasteiger partial charge on any atom is 0.406 e. The second-order valence-corrected chi connectivity index (χ2v) is 8.88. The molecule has 0 aliphatic carbocycles. The van der Waals surface area contributed by atoms with Gasteiger partial charge in [-0.15, -0.1) is 0 Å². The third-order valence-corrected chi connectivity index (χ3v) is 6.01. The fraction of sp³-hybridized carbons (Fsp3) is 0.333. The van der Waals surface area contributed by atoms with Gasteiger partial charge in [-0.1, -0.05) is 32.0 Å². The molecule has 1 aliphatic heterocycles. The number of carbonyl (C=O) groups is 2. The maximum absolute atomic E-state index is 13.3. The highest BCUT2D eigenvalue weighted by atomic mass is 19.4. The molecule has 1 aliphatic rings. The Bertz CT molecular complexity index is 1340. The molecule has 0 fully saturated rings. The van der Waals surface area contributed by atoms with E-state index in [1.807, 2.05) is 19.9 Å². The van der Waals surface area contributed by atoms with E-state index in [1.54, 1.807) is 42.5 Å². The van der Waals surface area contributed by atoms with Crippen molar-refractivity contribution in [2.24, 2.45) is 0 Å². The van der Waals surface area contributed by atoms with Crippen molar-refractivity contribution in [3.63, 3.8) is 0 Å². The largest absolute Gasteiger partial charge is 0.406 e. The van der Waals surface area contributed by atoms with E-state index in [-0.39, 0.29) is 17.8 Å². The molecule has 0 unspecified atom stereocenters. The Morgan fingerprint density at radius 2 is 1.79 bits per heavy atom. The van der Waals surface area contributed by atoms with Crippen molar-refractivity contribution in [3.05, 3.63) is 77.1 Å². The molecule has 2 aromatic carbocycles. The molecule has 8 nitrogen and oxygen atoms in total. The summed E-state index contributed by atoms with van der Waals surface area (Å²) < 4.78 is 40.7. The zero-order chi connectivity index (χ0) is 28.1. The summed E-state index contributed by atoms with van der Waals surface area (Å²) in [4.78, 5) is 27.7. The van der Waals surface area contributed by atoms with Gasteiger partial charge in [0.1, 0.15) is 11.2 Å². The Kier molecular flexibility index (Phi) is 8.58. The highest BCUT2D eigenvalue weighted by Crippen LogP contribution is 2.30. The number of alkyl halides is 3. The molecule has 0 radical (unpaired) electrons. The molecular formula is C27H29F3N6O2. The summed E-state index contributed by atoms with van der Waals surface area (Å²) in [7, 11) is 0. The van der Waals surface area contributed by atoms with Crippen molar-refractivity contribution in [1.29, 1.82) is 5.26 Å². The number of nitriles is 1. The van der Waals surface area contributed by atoms with E-state index in [0.29, 0.717) is 35.6 Å². The molecule has 0 saturated heterocycles. The lowest BCUT2D eigenvalue weighted by Crippen LogP contribution is -2.51. The van der Waals surface area contributed by atoms with Crippen LogP contribution in [0.15, 0.2) is 54.7 Å². The van der Waals surface area contributed by atoms with Crippen LogP contribution in [0.2, 0.25) is 0 Å². The van der Waals surface area contributed by atoms with E-state index in [0.717, 1.165) is 13.8 Å². The van der Waals surface area contributed by atoms with Crippen molar-refractivity contribution in [2.75, 3.05) is 16.8 Å². The number of nitrogens with one attached hydrogen (secondary N) is 2. The van der Waals surface area contributed by atoms with E-state index in [1.165, 1.54) is 21.8 Å². The van der Waals surface area contributed by atoms with Gasteiger partial charge in [-0.25, -0.2) is 0 Å². The first-order chi connectivity index (χ1) is 18.0. The standard InChI is InChI=1S/C25H23F3N6O2.C2H6/c1-24(2,25(26,27)28)30-14-16-6-8-19(9-7-16)33-10-11-34-21(23(33)36)20(15-31-34)22(35)32-18-5-3-4-17(12-18)13-29;1-2/h3-9,12,15,30H,10-11,14H2,1-2H3,(H,32,35);1-2H3. The summed E-state index contributed by atoms with van der Waals surface area (Å²) in [6, 6.07) is 15.0. The number of anilines is 2. The average Bonchev–Trinajstić information content (AvgIpc) is 3.34. The van der Waals surface area contributed by atoms with Crippen LogP contribution in [0.5, 0.6) is 0 Å². The molecule has 2 N–H and O–H groups in total. The molecule has 3 aromatic rings. The Morgan fingerprint density at radius 1 is 1.11 bits per heavy atom. The Hall–Kier alpha value is -4.17. The van der Waals surface area contributed by atoms with Crippen molar-refractivity contribution >= 4 is 23.2 Å². The molecule has 11 heteroatoms. The van der Waals surface area contributed by atoms with Gasteiger partial charge in [0, 0.05) is 24.5 Å². The highest BCUT2D eigenvalue weighted by molar-refractivity contribution is 6.15. The minimum absolute atomic E-state index is 0.00479. The summed E-state index contributed by atoms with van der Waals surface area (Å²) in [5, 5.41) is 18.4. The Labute approximate surface area is 219 Å². The maximum atomic E-state index is 13.3. The number of aromatic nitrogens is 2. The number of halogens is 3. The predicted molar refractivity (Wildman–Crippen MR) is 138 cm³/mol. The fourth-order valence-electron chi connectivity index (χ4n) is 3.70. The number of hydrogen-bond donors (Lipinski definition) is 2. The third-order valence-electron chi connectivity index (χ3n) is 6.01. The van der Waals surface area contributed by atoms with E-state index in [9.17, 15) is 22.8 Å². The number of benzene rings is 2. The molecule has 0 atom stereocenters. The van der Waals surface area contributed by atoms with E-state index in [4.69, 9.17) is 5.26 Å². The molecule has 2 amide bonds. The number of amides is 2. The molecule has 0 saturated carbocycles. The summed E-state index contributed by atoms with van der Waals surface area (Å²) in [5.74, 6) is -0.950. The van der Waals surface area contributed by atoms with E-state index in [2.05, 4.69) is 15.7 Å². The van der Waals surface area contributed by atoms with Gasteiger partial charge in [-0.05, 0) is 49.7 Å². The molecule has 1 aromatic heterocycles. The second kappa shape index (κ2) is 11.5. The quantitative estimate of drug-likeness (QED) is 0.464. The monoisotopic (exact) mass is 526 g/mol. The van der Waals surface area contributed by atoms with Gasteiger partial charge < -0.3 is 10.2 Å². The van der Waals surface area contributed by atoms with Crippen LogP contribution in [0, 0.1) is 11.3 Å². The number of nitrogens with zero attached hydrogens (tertiary/aromatic N) is 4. The summed E-state index contributed by atoms with van der Waals surface area (Å²) in [6.07, 6.45) is -3.06. The van der Waals surface area contributed by atoms with Gasteiger partial charge in [0.05, 0.1) is 29.9 Å². The predicted octanol–water partition coefficient (Wildman–Crippen LogP) is 5.12. The molecule has 0 bridgehead atoms. The first-order valence-electron chi connectivity index (χ1n) is 12.1. The van der Waals surface area contributed by atoms with Gasteiger partial charge in [-0.3, -0.25) is 19.6 Å². The average molecular weight is 527 g/mol. The van der Waals surface area contributed by atoms with Gasteiger partial charge in [-0.2, -0.15) is 23.5 Å². The van der Waals surface area contributed by atoms with Crippen LogP contribution in [0.4, 0.5) is 24.5 Å². The van der Waals surface area contributed by atoms with Crippen molar-refractivity contribution < 1.29 is 22.8 Å². The van der Waals surface area contributed by atoms with Crippen LogP contribution in [0.3, 0.4) is 0 Å². The van der Waals surface area contributed by atoms with Crippen LogP contribution in [-0.2, 0) is 13.1 Å². The van der Waals surface area contributed by atoms with Gasteiger partial charge in [0.25, 0.3) is 11.8 Å². The van der Waals surface area contributed by atoms with Gasteiger partial charge in [0.2, 0.25) is 0 Å². The van der Waals surface area contributed by atoms with Crippen molar-refractivity contribution in [1.82, 2.24) is 15.1 Å². The minimum atomic E-state index is -4.39. The fourth-order valence-corrected chi connectivity index (χ4v) is 3.70. The van der Waals surface area contributed by atoms with Crippen molar-refractivity contribution in [2.45, 2.75) is 52.5 Å². The van der Waals surface area contributed by atoms with Crippen molar-refractivity contribution in [3.8, 4) is 6.07 Å². The number of hydrogen-bond acceptors (Lipinski definition) is 5. The SMILES string of the molecule is CC.CC(C)(NCc1ccc(N2CCn3ncc(C(=O)Nc4cccc(C#N)c4)c3C2=O)cc1)C(F)(F)F. The number of carbonyl (C=O) groups excluding carboxylic acids is 2. The zero-order valence-electron chi connectivity index (χ0n) is 21.6. The van der Waals surface area contributed by atoms with E-state index >= 15 is 0 Å². The van der Waals surface area contributed by atoms with E-state index < -0.39 is 23.5 Å². The topological polar surface area (TPSA) is 103 Å². The van der Waals surface area contributed by atoms with Gasteiger partial charge in [0.15, 0.2) is 0 Å². The van der Waals surface area contributed by atoms with Crippen LogP contribution in [0.25, 0.3) is 0 Å². The van der Waals surface area contributed by atoms with Gasteiger partial charge >= 0.3 is 6.18 Å². The molecule has 4 rings (SSSR count). The lowest BCUT2D eigenvalue weighted by molar-refractivity contribution is -0.186. The zero-order valence-corrected chi connectivity index (χ0v) is 21.6. The highest BCUT2D eigenvalue weighted by Gasteiger charge is 2.46. The third kappa shape index (κ3) is 6.03. The smallest absolute Gasteiger partial charge is 0.322 e. The first kappa shape index (κ1) is 28.4. The second-order valence-electron chi connectivity index (χ2n) is 8.88. The van der Waals surface area contributed by atoms with Crippen LogP contribution >= 0.6 is 0 Å². The number of rotatable bonds is 6. The summed E-state index contributed by atoms with van der Waals surface area (Å²) in [5.41, 5.74) is 0.171. The molecule has 2 heterocycles. The lowest BCUT2D eigenvalue weighted by atomic mass is 10.0. The normalized spacial score (nSPS) is 13.2.